The maximum absolute atomic E-state index is 9.03. The van der Waals surface area contributed by atoms with Gasteiger partial charge in [-0.15, -0.1) is 0 Å². The Balaban J connectivity index is 2.80. The Bertz CT molecular complexity index is 345. The van der Waals surface area contributed by atoms with Gasteiger partial charge in [-0.3, -0.25) is 4.99 Å². The van der Waals surface area contributed by atoms with Gasteiger partial charge in [-0.05, 0) is 31.5 Å². The first-order valence-corrected chi connectivity index (χ1v) is 4.87. The van der Waals surface area contributed by atoms with Crippen LogP contribution >= 0.6 is 0 Å². The van der Waals surface area contributed by atoms with Crippen molar-refractivity contribution in [2.75, 3.05) is 13.7 Å². The number of hydrogen-bond acceptors (Lipinski definition) is 3. The zero-order chi connectivity index (χ0) is 11.3. The fraction of sp³-hybridized carbons (Fsp3) is 0.417. The molecule has 0 saturated carbocycles. The van der Waals surface area contributed by atoms with Crippen molar-refractivity contribution in [3.63, 3.8) is 0 Å². The Morgan fingerprint density at radius 1 is 1.47 bits per heavy atom. The quantitative estimate of drug-likeness (QED) is 0.766. The van der Waals surface area contributed by atoms with E-state index in [-0.39, 0.29) is 6.61 Å². The highest BCUT2D eigenvalue weighted by Crippen LogP contribution is 2.12. The SMILES string of the molecule is COc1cccc(C=NC(C)(C)CO)c1. The summed E-state index contributed by atoms with van der Waals surface area (Å²) in [5, 5.41) is 9.03. The van der Waals surface area contributed by atoms with Gasteiger partial charge in [0.2, 0.25) is 0 Å². The van der Waals surface area contributed by atoms with E-state index < -0.39 is 5.54 Å². The minimum Gasteiger partial charge on any atom is -0.497 e. The number of rotatable bonds is 4. The average molecular weight is 207 g/mol. The van der Waals surface area contributed by atoms with Crippen LogP contribution < -0.4 is 4.74 Å². The van der Waals surface area contributed by atoms with Gasteiger partial charge in [0.15, 0.2) is 0 Å². The number of nitrogens with zero attached hydrogens (tertiary/aromatic N) is 1. The smallest absolute Gasteiger partial charge is 0.119 e. The normalized spacial score (nSPS) is 12.0. The summed E-state index contributed by atoms with van der Waals surface area (Å²) >= 11 is 0. The monoisotopic (exact) mass is 207 g/mol. The molecule has 1 N–H and O–H groups in total. The molecule has 0 saturated heterocycles. The number of aliphatic imine (C=N–C) groups is 1. The first-order valence-electron chi connectivity index (χ1n) is 4.87. The maximum Gasteiger partial charge on any atom is 0.119 e. The molecular weight excluding hydrogens is 190 g/mol. The molecule has 0 bridgehead atoms. The highest BCUT2D eigenvalue weighted by molar-refractivity contribution is 5.80. The molecule has 82 valence electrons. The fourth-order valence-corrected chi connectivity index (χ4v) is 1.01. The predicted octanol–water partition coefficient (Wildman–Crippen LogP) is 1.89. The molecule has 15 heavy (non-hydrogen) atoms. The molecule has 0 aliphatic heterocycles. The average Bonchev–Trinajstić information content (AvgIpc) is 2.27. The van der Waals surface area contributed by atoms with Gasteiger partial charge in [-0.25, -0.2) is 0 Å². The Morgan fingerprint density at radius 2 is 2.20 bits per heavy atom. The number of ether oxygens (including phenoxy) is 1. The summed E-state index contributed by atoms with van der Waals surface area (Å²) in [6.07, 6.45) is 1.75. The van der Waals surface area contributed by atoms with Crippen LogP contribution in [0.4, 0.5) is 0 Å². The zero-order valence-corrected chi connectivity index (χ0v) is 9.40. The van der Waals surface area contributed by atoms with Crippen LogP contribution in [0.15, 0.2) is 29.3 Å². The summed E-state index contributed by atoms with van der Waals surface area (Å²) in [7, 11) is 1.63. The third kappa shape index (κ3) is 3.72. The van der Waals surface area contributed by atoms with Crippen molar-refractivity contribution in [3.05, 3.63) is 29.8 Å². The van der Waals surface area contributed by atoms with E-state index in [9.17, 15) is 0 Å². The molecule has 0 aromatic heterocycles. The summed E-state index contributed by atoms with van der Waals surface area (Å²) in [6.45, 7) is 3.79. The number of methoxy groups -OCH3 is 1. The van der Waals surface area contributed by atoms with Crippen LogP contribution in [0.3, 0.4) is 0 Å². The Kier molecular flexibility index (Phi) is 3.86. The highest BCUT2D eigenvalue weighted by atomic mass is 16.5. The molecule has 0 unspecified atom stereocenters. The maximum atomic E-state index is 9.03. The molecule has 1 rings (SSSR count). The molecule has 0 heterocycles. The van der Waals surface area contributed by atoms with E-state index in [1.165, 1.54) is 0 Å². The second-order valence-corrected chi connectivity index (χ2v) is 4.01. The van der Waals surface area contributed by atoms with E-state index in [1.807, 2.05) is 38.1 Å². The topological polar surface area (TPSA) is 41.8 Å². The number of aliphatic hydroxyl groups excluding tert-OH is 1. The van der Waals surface area contributed by atoms with E-state index >= 15 is 0 Å². The van der Waals surface area contributed by atoms with Gasteiger partial charge in [0.05, 0.1) is 19.3 Å². The van der Waals surface area contributed by atoms with E-state index in [0.717, 1.165) is 11.3 Å². The second kappa shape index (κ2) is 4.94. The molecule has 0 aliphatic rings. The predicted molar refractivity (Wildman–Crippen MR) is 61.8 cm³/mol. The van der Waals surface area contributed by atoms with E-state index in [0.29, 0.717) is 0 Å². The van der Waals surface area contributed by atoms with Crippen molar-refractivity contribution in [1.82, 2.24) is 0 Å². The van der Waals surface area contributed by atoms with Crippen molar-refractivity contribution in [2.45, 2.75) is 19.4 Å². The van der Waals surface area contributed by atoms with Crippen LogP contribution in [0, 0.1) is 0 Å². The zero-order valence-electron chi connectivity index (χ0n) is 9.40. The van der Waals surface area contributed by atoms with Gasteiger partial charge in [0.25, 0.3) is 0 Å². The molecule has 0 amide bonds. The van der Waals surface area contributed by atoms with Gasteiger partial charge in [-0.2, -0.15) is 0 Å². The van der Waals surface area contributed by atoms with Crippen LogP contribution in [0.1, 0.15) is 19.4 Å². The Hall–Kier alpha value is -1.35. The molecule has 1 aromatic carbocycles. The van der Waals surface area contributed by atoms with Crippen LogP contribution in [-0.4, -0.2) is 30.6 Å². The van der Waals surface area contributed by atoms with Crippen molar-refractivity contribution in [2.24, 2.45) is 4.99 Å². The lowest BCUT2D eigenvalue weighted by atomic mass is 10.1. The van der Waals surface area contributed by atoms with Crippen molar-refractivity contribution >= 4 is 6.21 Å². The fourth-order valence-electron chi connectivity index (χ4n) is 1.01. The molecule has 0 fully saturated rings. The number of aliphatic hydroxyl groups is 1. The summed E-state index contributed by atoms with van der Waals surface area (Å²) in [5.74, 6) is 0.806. The second-order valence-electron chi connectivity index (χ2n) is 4.01. The molecule has 0 atom stereocenters. The number of hydrogen-bond donors (Lipinski definition) is 1. The standard InChI is InChI=1S/C12H17NO2/c1-12(2,9-14)13-8-10-5-4-6-11(7-10)15-3/h4-8,14H,9H2,1-3H3. The van der Waals surface area contributed by atoms with Crippen molar-refractivity contribution < 1.29 is 9.84 Å². The van der Waals surface area contributed by atoms with Crippen LogP contribution in [0.2, 0.25) is 0 Å². The minimum absolute atomic E-state index is 0.0352. The molecule has 0 radical (unpaired) electrons. The van der Waals surface area contributed by atoms with Crippen molar-refractivity contribution in [1.29, 1.82) is 0 Å². The minimum atomic E-state index is -0.428. The summed E-state index contributed by atoms with van der Waals surface area (Å²) < 4.78 is 5.10. The van der Waals surface area contributed by atoms with E-state index in [2.05, 4.69) is 4.99 Å². The number of benzene rings is 1. The van der Waals surface area contributed by atoms with E-state index in [4.69, 9.17) is 9.84 Å². The summed E-state index contributed by atoms with van der Waals surface area (Å²) in [4.78, 5) is 4.29. The Labute approximate surface area is 90.4 Å². The lowest BCUT2D eigenvalue weighted by Crippen LogP contribution is -2.21. The van der Waals surface area contributed by atoms with Gasteiger partial charge in [-0.1, -0.05) is 12.1 Å². The molecule has 1 aromatic rings. The molecule has 3 nitrogen and oxygen atoms in total. The first-order chi connectivity index (χ1) is 7.07. The van der Waals surface area contributed by atoms with Gasteiger partial charge in [0, 0.05) is 6.21 Å². The van der Waals surface area contributed by atoms with Crippen LogP contribution in [0.25, 0.3) is 0 Å². The first kappa shape index (κ1) is 11.7. The largest absolute Gasteiger partial charge is 0.497 e. The summed E-state index contributed by atoms with van der Waals surface area (Å²) in [5.41, 5.74) is 0.541. The molecular formula is C12H17NO2. The lowest BCUT2D eigenvalue weighted by Gasteiger charge is -2.15. The summed E-state index contributed by atoms with van der Waals surface area (Å²) in [6, 6.07) is 7.64. The lowest BCUT2D eigenvalue weighted by molar-refractivity contribution is 0.223. The Morgan fingerprint density at radius 3 is 2.80 bits per heavy atom. The van der Waals surface area contributed by atoms with E-state index in [1.54, 1.807) is 13.3 Å². The molecule has 0 spiro atoms. The molecule has 0 aliphatic carbocycles. The van der Waals surface area contributed by atoms with Gasteiger partial charge >= 0.3 is 0 Å². The van der Waals surface area contributed by atoms with Crippen molar-refractivity contribution in [3.8, 4) is 5.75 Å². The van der Waals surface area contributed by atoms with Crippen LogP contribution in [-0.2, 0) is 0 Å². The third-order valence-electron chi connectivity index (χ3n) is 2.04. The highest BCUT2D eigenvalue weighted by Gasteiger charge is 2.12. The van der Waals surface area contributed by atoms with Gasteiger partial charge in [0.1, 0.15) is 5.75 Å². The van der Waals surface area contributed by atoms with Crippen LogP contribution in [0.5, 0.6) is 5.75 Å². The molecule has 3 heteroatoms. The van der Waals surface area contributed by atoms with Gasteiger partial charge < -0.3 is 9.84 Å². The third-order valence-corrected chi connectivity index (χ3v) is 2.04.